The van der Waals surface area contributed by atoms with Gasteiger partial charge < -0.3 is 4.74 Å². The molecule has 0 aliphatic rings. The summed E-state index contributed by atoms with van der Waals surface area (Å²) in [7, 11) is 0. The smallest absolute Gasteiger partial charge is 0.339 e. The maximum Gasteiger partial charge on any atom is 0.339 e. The number of nitrogens with zero attached hydrogens (tertiary/aromatic N) is 5. The topological polar surface area (TPSA) is 74.3 Å². The van der Waals surface area contributed by atoms with E-state index in [-0.39, 0.29) is 12.1 Å². The molecule has 102 valence electrons. The van der Waals surface area contributed by atoms with E-state index in [4.69, 9.17) is 4.74 Å². The van der Waals surface area contributed by atoms with E-state index in [9.17, 15) is 4.79 Å². The minimum Gasteiger partial charge on any atom is -0.457 e. The molecule has 20 heavy (non-hydrogen) atoms. The van der Waals surface area contributed by atoms with Crippen LogP contribution in [-0.2, 0) is 11.3 Å². The van der Waals surface area contributed by atoms with Crippen molar-refractivity contribution in [3.8, 4) is 0 Å². The van der Waals surface area contributed by atoms with E-state index in [1.165, 1.54) is 0 Å². The van der Waals surface area contributed by atoms with Crippen LogP contribution in [0.25, 0.3) is 5.65 Å². The Bertz CT molecular complexity index is 719. The van der Waals surface area contributed by atoms with Crippen molar-refractivity contribution in [3.63, 3.8) is 0 Å². The van der Waals surface area contributed by atoms with Crippen LogP contribution in [0.1, 0.15) is 17.3 Å². The number of hydrogen-bond donors (Lipinski definition) is 0. The molecule has 3 heterocycles. The third-order valence-corrected chi connectivity index (χ3v) is 2.84. The highest BCUT2D eigenvalue weighted by Crippen LogP contribution is 2.07. The summed E-state index contributed by atoms with van der Waals surface area (Å²) in [6.07, 6.45) is 6.44. The van der Waals surface area contributed by atoms with Gasteiger partial charge in [0.15, 0.2) is 5.65 Å². The molecular weight excluding hydrogens is 258 g/mol. The van der Waals surface area contributed by atoms with E-state index >= 15 is 0 Å². The Balaban J connectivity index is 1.68. The summed E-state index contributed by atoms with van der Waals surface area (Å²) >= 11 is 0. The van der Waals surface area contributed by atoms with Gasteiger partial charge in [0, 0.05) is 18.6 Å². The molecule has 3 rings (SSSR count). The fourth-order valence-electron chi connectivity index (χ4n) is 1.91. The second-order valence-corrected chi connectivity index (χ2v) is 4.46. The van der Waals surface area contributed by atoms with Gasteiger partial charge in [-0.1, -0.05) is 0 Å². The van der Waals surface area contributed by atoms with Crippen LogP contribution in [0.15, 0.2) is 43.1 Å². The van der Waals surface area contributed by atoms with Crippen LogP contribution in [0.2, 0.25) is 0 Å². The zero-order chi connectivity index (χ0) is 13.9. The number of hydrogen-bond acceptors (Lipinski definition) is 5. The summed E-state index contributed by atoms with van der Waals surface area (Å²) in [5.41, 5.74) is 1.15. The van der Waals surface area contributed by atoms with Gasteiger partial charge in [-0.05, 0) is 25.1 Å². The van der Waals surface area contributed by atoms with Crippen LogP contribution in [0.5, 0.6) is 0 Å². The first-order valence-corrected chi connectivity index (χ1v) is 6.20. The maximum atomic E-state index is 12.0. The highest BCUT2D eigenvalue weighted by Gasteiger charge is 2.13. The van der Waals surface area contributed by atoms with Gasteiger partial charge in [-0.15, -0.1) is 10.2 Å². The SMILES string of the molecule is C[C@@H](Cn1cccn1)OC(=O)c1ccc2nncn2c1. The molecule has 3 aromatic heterocycles. The molecule has 0 saturated carbocycles. The lowest BCUT2D eigenvalue weighted by molar-refractivity contribution is 0.0298. The minimum absolute atomic E-state index is 0.265. The monoisotopic (exact) mass is 271 g/mol. The van der Waals surface area contributed by atoms with Crippen LogP contribution < -0.4 is 0 Å². The predicted octanol–water partition coefficient (Wildman–Crippen LogP) is 1.17. The molecule has 0 aromatic carbocycles. The molecule has 0 aliphatic heterocycles. The zero-order valence-corrected chi connectivity index (χ0v) is 10.9. The summed E-state index contributed by atoms with van der Waals surface area (Å²) in [4.78, 5) is 12.0. The largest absolute Gasteiger partial charge is 0.457 e. The molecule has 7 nitrogen and oxygen atoms in total. The summed E-state index contributed by atoms with van der Waals surface area (Å²) in [6.45, 7) is 2.35. The van der Waals surface area contributed by atoms with Crippen LogP contribution in [0, 0.1) is 0 Å². The van der Waals surface area contributed by atoms with E-state index in [0.29, 0.717) is 17.8 Å². The van der Waals surface area contributed by atoms with Crippen molar-refractivity contribution >= 4 is 11.6 Å². The van der Waals surface area contributed by atoms with E-state index in [2.05, 4.69) is 15.3 Å². The lowest BCUT2D eigenvalue weighted by Gasteiger charge is -2.13. The third kappa shape index (κ3) is 2.51. The van der Waals surface area contributed by atoms with E-state index < -0.39 is 0 Å². The first-order chi connectivity index (χ1) is 9.72. The molecule has 0 amide bonds. The van der Waals surface area contributed by atoms with Crippen LogP contribution in [-0.4, -0.2) is 36.5 Å². The molecule has 7 heteroatoms. The van der Waals surface area contributed by atoms with Gasteiger partial charge in [0.05, 0.1) is 12.1 Å². The number of pyridine rings is 1. The van der Waals surface area contributed by atoms with Gasteiger partial charge in [-0.25, -0.2) is 4.79 Å². The zero-order valence-electron chi connectivity index (χ0n) is 10.9. The Morgan fingerprint density at radius 1 is 1.45 bits per heavy atom. The Labute approximate surface area is 114 Å². The van der Waals surface area contributed by atoms with Gasteiger partial charge in [0.2, 0.25) is 0 Å². The summed E-state index contributed by atoms with van der Waals surface area (Å²) in [5.74, 6) is -0.375. The van der Waals surface area contributed by atoms with Crippen molar-refractivity contribution in [2.75, 3.05) is 0 Å². The number of fused-ring (bicyclic) bond motifs is 1. The molecule has 0 spiro atoms. The van der Waals surface area contributed by atoms with Crippen molar-refractivity contribution in [2.45, 2.75) is 19.6 Å². The van der Waals surface area contributed by atoms with Crippen molar-refractivity contribution in [1.29, 1.82) is 0 Å². The molecule has 3 aromatic rings. The van der Waals surface area contributed by atoms with Crippen LogP contribution >= 0.6 is 0 Å². The van der Waals surface area contributed by atoms with Gasteiger partial charge in [0.25, 0.3) is 0 Å². The van der Waals surface area contributed by atoms with E-state index in [0.717, 1.165) is 0 Å². The molecule has 0 aliphatic carbocycles. The van der Waals surface area contributed by atoms with Crippen molar-refractivity contribution in [2.24, 2.45) is 0 Å². The van der Waals surface area contributed by atoms with Gasteiger partial charge in [-0.3, -0.25) is 9.08 Å². The third-order valence-electron chi connectivity index (χ3n) is 2.84. The number of carbonyl (C=O) groups is 1. The summed E-state index contributed by atoms with van der Waals surface area (Å²) in [6, 6.07) is 5.23. The number of carbonyl (C=O) groups excluding carboxylic acids is 1. The lowest BCUT2D eigenvalue weighted by Crippen LogP contribution is -2.21. The highest BCUT2D eigenvalue weighted by atomic mass is 16.5. The van der Waals surface area contributed by atoms with E-state index in [1.807, 2.05) is 19.2 Å². The predicted molar refractivity (Wildman–Crippen MR) is 70.1 cm³/mol. The lowest BCUT2D eigenvalue weighted by atomic mass is 10.3. The normalized spacial score (nSPS) is 12.4. The van der Waals surface area contributed by atoms with Gasteiger partial charge in [-0.2, -0.15) is 5.10 Å². The quantitative estimate of drug-likeness (QED) is 0.666. The molecule has 0 radical (unpaired) electrons. The van der Waals surface area contributed by atoms with Crippen LogP contribution in [0.3, 0.4) is 0 Å². The first-order valence-electron chi connectivity index (χ1n) is 6.20. The second kappa shape index (κ2) is 5.12. The van der Waals surface area contributed by atoms with Gasteiger partial charge in [0.1, 0.15) is 12.4 Å². The Morgan fingerprint density at radius 2 is 2.35 bits per heavy atom. The minimum atomic E-state index is -0.375. The number of rotatable bonds is 4. The average molecular weight is 271 g/mol. The maximum absolute atomic E-state index is 12.0. The van der Waals surface area contributed by atoms with Crippen molar-refractivity contribution < 1.29 is 9.53 Å². The molecular formula is C13H13N5O2. The summed E-state index contributed by atoms with van der Waals surface area (Å²) in [5, 5.41) is 11.7. The molecule has 0 fully saturated rings. The number of ether oxygens (including phenoxy) is 1. The molecule has 0 saturated heterocycles. The van der Waals surface area contributed by atoms with E-state index in [1.54, 1.807) is 39.9 Å². The fourth-order valence-corrected chi connectivity index (χ4v) is 1.91. The second-order valence-electron chi connectivity index (χ2n) is 4.46. The summed E-state index contributed by atoms with van der Waals surface area (Å²) < 4.78 is 8.78. The number of esters is 1. The Kier molecular flexibility index (Phi) is 3.16. The highest BCUT2D eigenvalue weighted by molar-refractivity contribution is 5.89. The van der Waals surface area contributed by atoms with Gasteiger partial charge >= 0.3 is 5.97 Å². The first kappa shape index (κ1) is 12.3. The Morgan fingerprint density at radius 3 is 3.15 bits per heavy atom. The fraction of sp³-hybridized carbons (Fsp3) is 0.231. The van der Waals surface area contributed by atoms with Crippen molar-refractivity contribution in [1.82, 2.24) is 24.4 Å². The Hall–Kier alpha value is -2.70. The molecule has 1 atom stereocenters. The molecule has 0 N–H and O–H groups in total. The molecule has 0 bridgehead atoms. The number of aromatic nitrogens is 5. The average Bonchev–Trinajstić information content (AvgIpc) is 3.07. The van der Waals surface area contributed by atoms with Crippen LogP contribution in [0.4, 0.5) is 0 Å². The standard InChI is InChI=1S/C13H13N5O2/c1-10(7-18-6-2-5-15-18)20-13(19)11-3-4-12-16-14-9-17(12)8-11/h2-6,8-10H,7H2,1H3/t10-/m0/s1. The molecule has 0 unspecified atom stereocenters. The van der Waals surface area contributed by atoms with Crippen molar-refractivity contribution in [3.05, 3.63) is 48.7 Å².